The van der Waals surface area contributed by atoms with Crippen LogP contribution in [0.1, 0.15) is 52.9 Å². The van der Waals surface area contributed by atoms with Gasteiger partial charge in [-0.25, -0.2) is 4.79 Å². The highest BCUT2D eigenvalue weighted by Crippen LogP contribution is 2.37. The number of hydrogen-bond donors (Lipinski definition) is 2. The minimum absolute atomic E-state index is 0.118. The van der Waals surface area contributed by atoms with E-state index in [2.05, 4.69) is 27.5 Å². The van der Waals surface area contributed by atoms with Crippen molar-refractivity contribution in [3.8, 4) is 0 Å². The molecule has 1 aliphatic rings. The van der Waals surface area contributed by atoms with Gasteiger partial charge >= 0.3 is 6.09 Å². The van der Waals surface area contributed by atoms with Gasteiger partial charge in [-0.3, -0.25) is 14.9 Å². The summed E-state index contributed by atoms with van der Waals surface area (Å²) >= 11 is 3.17. The maximum Gasteiger partial charge on any atom is 0.413 e. The molecule has 0 radical (unpaired) electrons. The summed E-state index contributed by atoms with van der Waals surface area (Å²) in [6.45, 7) is 0. The average molecular weight is 447 g/mol. The number of ether oxygens (including phenoxy) is 1. The zero-order valence-corrected chi connectivity index (χ0v) is 18.6. The molecule has 0 spiro atoms. The smallest absolute Gasteiger partial charge is 0.413 e. The Hall–Kier alpha value is -2.32. The molecule has 3 amide bonds. The second-order valence-corrected chi connectivity index (χ2v) is 9.30. The molecular weight excluding hydrogens is 420 g/mol. The van der Waals surface area contributed by atoms with E-state index in [1.54, 1.807) is 11.8 Å². The Morgan fingerprint density at radius 3 is 2.63 bits per heavy atom. The van der Waals surface area contributed by atoms with Gasteiger partial charge in [-0.05, 0) is 55.6 Å². The van der Waals surface area contributed by atoms with Gasteiger partial charge in [-0.1, -0.05) is 24.6 Å². The monoisotopic (exact) mass is 446 g/mol. The summed E-state index contributed by atoms with van der Waals surface area (Å²) in [6, 6.07) is 10.1. The molecule has 6 nitrogen and oxygen atoms in total. The first-order chi connectivity index (χ1) is 14.6. The van der Waals surface area contributed by atoms with Gasteiger partial charge in [-0.2, -0.15) is 0 Å². The molecule has 160 valence electrons. The Kier molecular flexibility index (Phi) is 8.33. The fraction of sp³-hybridized carbons (Fsp3) is 0.409. The van der Waals surface area contributed by atoms with Gasteiger partial charge < -0.3 is 10.1 Å². The fourth-order valence-corrected chi connectivity index (χ4v) is 5.58. The average Bonchev–Trinajstić information content (AvgIpc) is 2.92. The first kappa shape index (κ1) is 22.4. The second kappa shape index (κ2) is 11.2. The van der Waals surface area contributed by atoms with Crippen LogP contribution in [0.15, 0.2) is 35.2 Å². The van der Waals surface area contributed by atoms with E-state index in [1.165, 1.54) is 23.3 Å². The van der Waals surface area contributed by atoms with E-state index in [4.69, 9.17) is 0 Å². The number of alkyl carbamates (subject to hydrolysis) is 1. The van der Waals surface area contributed by atoms with Crippen molar-refractivity contribution in [3.63, 3.8) is 0 Å². The maximum atomic E-state index is 12.7. The Morgan fingerprint density at radius 1 is 1.10 bits per heavy atom. The number of hydrogen-bond acceptors (Lipinski definition) is 6. The third kappa shape index (κ3) is 6.09. The van der Waals surface area contributed by atoms with Crippen LogP contribution in [0.4, 0.5) is 9.80 Å². The molecule has 8 heteroatoms. The molecular formula is C22H26N2O4S2. The lowest BCUT2D eigenvalue weighted by Gasteiger charge is -2.09. The predicted octanol–water partition coefficient (Wildman–Crippen LogP) is 5.02. The van der Waals surface area contributed by atoms with E-state index in [9.17, 15) is 14.4 Å². The van der Waals surface area contributed by atoms with Crippen LogP contribution in [0, 0.1) is 0 Å². The molecule has 1 aromatic carbocycles. The molecule has 1 aromatic heterocycles. The van der Waals surface area contributed by atoms with Crippen molar-refractivity contribution in [2.24, 2.45) is 0 Å². The molecule has 3 rings (SSSR count). The van der Waals surface area contributed by atoms with Crippen molar-refractivity contribution in [2.75, 3.05) is 18.2 Å². The van der Waals surface area contributed by atoms with Gasteiger partial charge in [0.25, 0.3) is 5.91 Å². The number of rotatable bonds is 7. The van der Waals surface area contributed by atoms with Crippen LogP contribution in [0.5, 0.6) is 0 Å². The molecule has 1 aliphatic carbocycles. The van der Waals surface area contributed by atoms with E-state index >= 15 is 0 Å². The number of imide groups is 1. The lowest BCUT2D eigenvalue weighted by Crippen LogP contribution is -2.31. The van der Waals surface area contributed by atoms with Gasteiger partial charge in [-0.15, -0.1) is 23.1 Å². The van der Waals surface area contributed by atoms with Crippen molar-refractivity contribution in [2.45, 2.75) is 49.8 Å². The zero-order chi connectivity index (χ0) is 21.3. The minimum Gasteiger partial charge on any atom is -0.453 e. The van der Waals surface area contributed by atoms with Gasteiger partial charge in [0.1, 0.15) is 5.00 Å². The number of nitrogens with one attached hydrogen (secondary N) is 2. The third-order valence-electron chi connectivity index (χ3n) is 4.86. The number of benzene rings is 1. The standard InChI is InChI=1S/C22H26N2O4S2/c1-28-22(27)24-20(26)19-16-11-6-3-7-12-17(16)30-21(19)23-18(25)13-8-14-29-15-9-4-2-5-10-15/h2,4-5,9-10H,3,6-8,11-14H2,1H3,(H,23,25)(H,24,26,27). The molecule has 2 aromatic rings. The Balaban J connectivity index is 1.64. The summed E-state index contributed by atoms with van der Waals surface area (Å²) in [5.74, 6) is 0.206. The van der Waals surface area contributed by atoms with E-state index in [1.807, 2.05) is 18.2 Å². The van der Waals surface area contributed by atoms with Crippen molar-refractivity contribution in [1.82, 2.24) is 5.32 Å². The molecule has 0 bridgehead atoms. The van der Waals surface area contributed by atoms with E-state index in [0.717, 1.165) is 54.7 Å². The van der Waals surface area contributed by atoms with Crippen molar-refractivity contribution in [1.29, 1.82) is 0 Å². The van der Waals surface area contributed by atoms with Crippen LogP contribution >= 0.6 is 23.1 Å². The number of anilines is 1. The summed E-state index contributed by atoms with van der Waals surface area (Å²) in [5, 5.41) is 5.69. The van der Waals surface area contributed by atoms with E-state index in [0.29, 0.717) is 17.0 Å². The van der Waals surface area contributed by atoms with Crippen molar-refractivity contribution < 1.29 is 19.1 Å². The van der Waals surface area contributed by atoms with E-state index < -0.39 is 12.0 Å². The number of fused-ring (bicyclic) bond motifs is 1. The SMILES string of the molecule is COC(=O)NC(=O)c1c(NC(=O)CCCSc2ccccc2)sc2c1CCCCC2. The number of carbonyl (C=O) groups is 3. The second-order valence-electron chi connectivity index (χ2n) is 7.03. The van der Waals surface area contributed by atoms with E-state index in [-0.39, 0.29) is 5.91 Å². The maximum absolute atomic E-state index is 12.7. The predicted molar refractivity (Wildman–Crippen MR) is 120 cm³/mol. The van der Waals surface area contributed by atoms with Gasteiger partial charge in [0.2, 0.25) is 5.91 Å². The summed E-state index contributed by atoms with van der Waals surface area (Å²) in [6.07, 6.45) is 5.15. The summed E-state index contributed by atoms with van der Waals surface area (Å²) in [7, 11) is 1.22. The number of amides is 3. The molecule has 30 heavy (non-hydrogen) atoms. The lowest BCUT2D eigenvalue weighted by molar-refractivity contribution is -0.116. The van der Waals surface area contributed by atoms with Crippen LogP contribution in [0.3, 0.4) is 0 Å². The molecule has 0 aliphatic heterocycles. The van der Waals surface area contributed by atoms with Gasteiger partial charge in [0.15, 0.2) is 0 Å². The van der Waals surface area contributed by atoms with Crippen LogP contribution in [-0.2, 0) is 22.4 Å². The lowest BCUT2D eigenvalue weighted by atomic mass is 10.0. The molecule has 0 saturated heterocycles. The largest absolute Gasteiger partial charge is 0.453 e. The van der Waals surface area contributed by atoms with Crippen LogP contribution in [0.2, 0.25) is 0 Å². The highest BCUT2D eigenvalue weighted by Gasteiger charge is 2.26. The Morgan fingerprint density at radius 2 is 1.87 bits per heavy atom. The molecule has 0 unspecified atom stereocenters. The van der Waals surface area contributed by atoms with Crippen molar-refractivity contribution in [3.05, 3.63) is 46.3 Å². The summed E-state index contributed by atoms with van der Waals surface area (Å²) in [5.41, 5.74) is 1.36. The van der Waals surface area contributed by atoms with Crippen LogP contribution in [-0.4, -0.2) is 30.8 Å². The Bertz CT molecular complexity index is 896. The molecule has 0 atom stereocenters. The van der Waals surface area contributed by atoms with Crippen LogP contribution in [0.25, 0.3) is 0 Å². The van der Waals surface area contributed by atoms with Gasteiger partial charge in [0.05, 0.1) is 12.7 Å². The molecule has 0 fully saturated rings. The fourth-order valence-electron chi connectivity index (χ4n) is 3.41. The highest BCUT2D eigenvalue weighted by atomic mass is 32.2. The van der Waals surface area contributed by atoms with Crippen molar-refractivity contribution >= 4 is 46.0 Å². The zero-order valence-electron chi connectivity index (χ0n) is 17.0. The molecule has 0 saturated carbocycles. The first-order valence-electron chi connectivity index (χ1n) is 10.1. The minimum atomic E-state index is -0.802. The first-order valence-corrected chi connectivity index (χ1v) is 11.9. The quantitative estimate of drug-likeness (QED) is 0.354. The van der Waals surface area contributed by atoms with Gasteiger partial charge in [0, 0.05) is 16.2 Å². The number of aryl methyl sites for hydroxylation is 1. The van der Waals surface area contributed by atoms with Crippen LogP contribution < -0.4 is 10.6 Å². The molecule has 1 heterocycles. The summed E-state index contributed by atoms with van der Waals surface area (Å²) in [4.78, 5) is 39.1. The Labute approximate surface area is 184 Å². The normalized spacial score (nSPS) is 13.1. The number of methoxy groups -OCH3 is 1. The highest BCUT2D eigenvalue weighted by molar-refractivity contribution is 7.99. The third-order valence-corrected chi connectivity index (χ3v) is 7.17. The number of thioether (sulfide) groups is 1. The molecule has 2 N–H and O–H groups in total. The number of carbonyl (C=O) groups excluding carboxylic acids is 3. The number of thiophene rings is 1. The topological polar surface area (TPSA) is 84.5 Å². The summed E-state index contributed by atoms with van der Waals surface area (Å²) < 4.78 is 4.55.